The van der Waals surface area contributed by atoms with E-state index in [1.54, 1.807) is 0 Å². The molecule has 0 aliphatic carbocycles. The van der Waals surface area contributed by atoms with Crippen molar-refractivity contribution in [3.05, 3.63) is 33.8 Å². The number of halogens is 2. The lowest BCUT2D eigenvalue weighted by Crippen LogP contribution is -2.32. The fourth-order valence-corrected chi connectivity index (χ4v) is 2.08. The molecule has 1 aliphatic rings. The van der Waals surface area contributed by atoms with Crippen molar-refractivity contribution in [3.63, 3.8) is 0 Å². The van der Waals surface area contributed by atoms with Crippen molar-refractivity contribution in [1.29, 1.82) is 0 Å². The smallest absolute Gasteiger partial charge is 0.310 e. The Labute approximate surface area is 89.8 Å². The fraction of sp³-hybridized carbons (Fsp3) is 0.300. The van der Waals surface area contributed by atoms with Crippen LogP contribution in [0, 0.1) is 0 Å². The summed E-state index contributed by atoms with van der Waals surface area (Å²) in [5.74, 6) is 0. The van der Waals surface area contributed by atoms with E-state index in [9.17, 15) is 9.18 Å². The molecule has 74 valence electrons. The summed E-state index contributed by atoms with van der Waals surface area (Å²) in [6.45, 7) is 0.855. The largest absolute Gasteiger partial charge is 0.400 e. The third-order valence-electron chi connectivity index (χ3n) is 2.43. The summed E-state index contributed by atoms with van der Waals surface area (Å²) >= 11 is 3.35. The zero-order chi connectivity index (χ0) is 10.1. The molecule has 1 aromatic rings. The normalized spacial score (nSPS) is 15.1. The molecule has 0 unspecified atom stereocenters. The van der Waals surface area contributed by atoms with E-state index in [1.165, 1.54) is 10.5 Å². The maximum absolute atomic E-state index is 12.5. The van der Waals surface area contributed by atoms with E-state index in [4.69, 9.17) is 0 Å². The Morgan fingerprint density at radius 3 is 2.93 bits per heavy atom. The predicted molar refractivity (Wildman–Crippen MR) is 54.8 cm³/mol. The zero-order valence-electron chi connectivity index (χ0n) is 7.46. The molecule has 0 N–H and O–H groups in total. The lowest BCUT2D eigenvalue weighted by molar-refractivity contribution is 0.169. The van der Waals surface area contributed by atoms with Crippen LogP contribution in [0.3, 0.4) is 0 Å². The summed E-state index contributed by atoms with van der Waals surface area (Å²) in [6.07, 6.45) is -0.603. The highest BCUT2D eigenvalue weighted by atomic mass is 79.9. The standard InChI is InChI=1S/C10H9BrFNO/c11-9-2-1-7-3-4-13(10(12)14)6-8(7)5-9/h1-2,5H,3-4,6H2. The minimum absolute atomic E-state index is 0.379. The minimum Gasteiger partial charge on any atom is -0.310 e. The number of benzene rings is 1. The summed E-state index contributed by atoms with van der Waals surface area (Å²) in [5.41, 5.74) is 2.22. The Morgan fingerprint density at radius 1 is 1.43 bits per heavy atom. The maximum atomic E-state index is 12.5. The third kappa shape index (κ3) is 1.80. The zero-order valence-corrected chi connectivity index (χ0v) is 9.05. The Bertz CT molecular complexity index is 380. The molecule has 2 nitrogen and oxygen atoms in total. The molecule has 14 heavy (non-hydrogen) atoms. The number of fused-ring (bicyclic) bond motifs is 1. The van der Waals surface area contributed by atoms with Crippen molar-refractivity contribution < 1.29 is 9.18 Å². The highest BCUT2D eigenvalue weighted by Crippen LogP contribution is 2.23. The molecule has 0 bridgehead atoms. The van der Waals surface area contributed by atoms with E-state index in [-0.39, 0.29) is 0 Å². The number of hydrogen-bond donors (Lipinski definition) is 0. The first-order chi connectivity index (χ1) is 6.66. The monoisotopic (exact) mass is 257 g/mol. The van der Waals surface area contributed by atoms with Crippen LogP contribution in [0.5, 0.6) is 0 Å². The Hall–Kier alpha value is -0.900. The van der Waals surface area contributed by atoms with Crippen LogP contribution in [0.4, 0.5) is 9.18 Å². The molecule has 2 rings (SSSR count). The van der Waals surface area contributed by atoms with Crippen LogP contribution >= 0.6 is 15.9 Å². The number of rotatable bonds is 0. The van der Waals surface area contributed by atoms with Crippen LogP contribution in [-0.2, 0) is 13.0 Å². The summed E-state index contributed by atoms with van der Waals surface area (Å²) in [6, 6.07) is 5.91. The van der Waals surface area contributed by atoms with E-state index >= 15 is 0 Å². The molecule has 1 amide bonds. The van der Waals surface area contributed by atoms with E-state index in [0.29, 0.717) is 13.1 Å². The van der Waals surface area contributed by atoms with E-state index < -0.39 is 6.16 Å². The first-order valence-electron chi connectivity index (χ1n) is 4.38. The average molecular weight is 258 g/mol. The molecule has 0 atom stereocenters. The van der Waals surface area contributed by atoms with Gasteiger partial charge in [0, 0.05) is 17.6 Å². The first kappa shape index (κ1) is 9.65. The van der Waals surface area contributed by atoms with Gasteiger partial charge in [-0.05, 0) is 29.7 Å². The van der Waals surface area contributed by atoms with Crippen LogP contribution in [0.2, 0.25) is 0 Å². The van der Waals surface area contributed by atoms with Gasteiger partial charge in [-0.1, -0.05) is 22.0 Å². The van der Waals surface area contributed by atoms with E-state index in [1.807, 2.05) is 18.2 Å². The highest BCUT2D eigenvalue weighted by Gasteiger charge is 2.19. The second-order valence-corrected chi connectivity index (χ2v) is 4.25. The summed E-state index contributed by atoms with van der Waals surface area (Å²) in [7, 11) is 0. The minimum atomic E-state index is -1.34. The number of carbonyl (C=O) groups excluding carboxylic acids is 1. The van der Waals surface area contributed by atoms with E-state index in [0.717, 1.165) is 16.5 Å². The maximum Gasteiger partial charge on any atom is 0.400 e. The van der Waals surface area contributed by atoms with Gasteiger partial charge in [0.1, 0.15) is 0 Å². The molecule has 0 saturated carbocycles. The van der Waals surface area contributed by atoms with Crippen molar-refractivity contribution in [2.45, 2.75) is 13.0 Å². The van der Waals surface area contributed by atoms with Gasteiger partial charge in [-0.25, -0.2) is 4.79 Å². The SMILES string of the molecule is O=C(F)N1CCc2ccc(Br)cc2C1. The quantitative estimate of drug-likeness (QED) is 0.517. The number of amides is 1. The highest BCUT2D eigenvalue weighted by molar-refractivity contribution is 9.10. The first-order valence-corrected chi connectivity index (χ1v) is 5.18. The van der Waals surface area contributed by atoms with Gasteiger partial charge in [0.2, 0.25) is 0 Å². The topological polar surface area (TPSA) is 20.3 Å². The average Bonchev–Trinajstić information content (AvgIpc) is 2.16. The van der Waals surface area contributed by atoms with Crippen molar-refractivity contribution in [3.8, 4) is 0 Å². The van der Waals surface area contributed by atoms with Crippen molar-refractivity contribution >= 4 is 22.1 Å². The molecule has 0 radical (unpaired) electrons. The van der Waals surface area contributed by atoms with Gasteiger partial charge in [0.15, 0.2) is 0 Å². The lowest BCUT2D eigenvalue weighted by atomic mass is 10.0. The molecule has 1 heterocycles. The molecule has 0 fully saturated rings. The Kier molecular flexibility index (Phi) is 2.54. The van der Waals surface area contributed by atoms with Crippen LogP contribution in [0.1, 0.15) is 11.1 Å². The third-order valence-corrected chi connectivity index (χ3v) is 2.92. The predicted octanol–water partition coefficient (Wildman–Crippen LogP) is 2.90. The lowest BCUT2D eigenvalue weighted by Gasteiger charge is -2.26. The molecule has 0 aromatic heterocycles. The van der Waals surface area contributed by atoms with Crippen molar-refractivity contribution in [2.75, 3.05) is 6.54 Å². The number of hydrogen-bond acceptors (Lipinski definition) is 1. The Balaban J connectivity index is 2.29. The Morgan fingerprint density at radius 2 is 2.21 bits per heavy atom. The summed E-state index contributed by atoms with van der Waals surface area (Å²) in [5, 5.41) is 0. The molecule has 0 saturated heterocycles. The summed E-state index contributed by atoms with van der Waals surface area (Å²) in [4.78, 5) is 11.8. The molecule has 0 spiro atoms. The summed E-state index contributed by atoms with van der Waals surface area (Å²) < 4.78 is 13.4. The molecule has 4 heteroatoms. The number of carbonyl (C=O) groups is 1. The number of nitrogens with zero attached hydrogens (tertiary/aromatic N) is 1. The molecule has 1 aromatic carbocycles. The van der Waals surface area contributed by atoms with Gasteiger partial charge < -0.3 is 4.90 Å². The second kappa shape index (κ2) is 3.69. The fourth-order valence-electron chi connectivity index (χ4n) is 1.68. The second-order valence-electron chi connectivity index (χ2n) is 3.34. The van der Waals surface area contributed by atoms with Gasteiger partial charge in [0.25, 0.3) is 0 Å². The van der Waals surface area contributed by atoms with Crippen LogP contribution < -0.4 is 0 Å². The van der Waals surface area contributed by atoms with Gasteiger partial charge in [-0.15, -0.1) is 4.39 Å². The van der Waals surface area contributed by atoms with Crippen molar-refractivity contribution in [1.82, 2.24) is 4.90 Å². The van der Waals surface area contributed by atoms with Crippen LogP contribution in [-0.4, -0.2) is 17.6 Å². The molecule has 1 aliphatic heterocycles. The van der Waals surface area contributed by atoms with E-state index in [2.05, 4.69) is 15.9 Å². The molecular weight excluding hydrogens is 249 g/mol. The molecular formula is C10H9BrFNO. The van der Waals surface area contributed by atoms with Gasteiger partial charge >= 0.3 is 6.16 Å². The van der Waals surface area contributed by atoms with Crippen molar-refractivity contribution in [2.24, 2.45) is 0 Å². The van der Waals surface area contributed by atoms with Gasteiger partial charge in [-0.3, -0.25) is 0 Å². The van der Waals surface area contributed by atoms with Crippen LogP contribution in [0.25, 0.3) is 0 Å². The van der Waals surface area contributed by atoms with Gasteiger partial charge in [0.05, 0.1) is 0 Å². The van der Waals surface area contributed by atoms with Crippen LogP contribution in [0.15, 0.2) is 22.7 Å². The van der Waals surface area contributed by atoms with Gasteiger partial charge in [-0.2, -0.15) is 0 Å².